The van der Waals surface area contributed by atoms with Crippen LogP contribution in [0.2, 0.25) is 0 Å². The number of sulfonamides is 1. The molecule has 6 nitrogen and oxygen atoms in total. The second-order valence-corrected chi connectivity index (χ2v) is 9.79. The molecule has 0 spiro atoms. The molecule has 2 unspecified atom stereocenters. The van der Waals surface area contributed by atoms with E-state index >= 15 is 0 Å². The normalized spacial score (nSPS) is 26.3. The first kappa shape index (κ1) is 22.0. The first-order valence-electron chi connectivity index (χ1n) is 9.77. The third kappa shape index (κ3) is 4.59. The molecule has 162 valence electrons. The van der Waals surface area contributed by atoms with Gasteiger partial charge in [0.1, 0.15) is 0 Å². The Kier molecular flexibility index (Phi) is 6.26. The smallest absolute Gasteiger partial charge is 0.352 e. The van der Waals surface area contributed by atoms with Crippen LogP contribution in [0.1, 0.15) is 38.2 Å². The quantitative estimate of drug-likeness (QED) is 0.720. The summed E-state index contributed by atoms with van der Waals surface area (Å²) in [7, 11) is -3.89. The topological polar surface area (TPSA) is 92.5 Å². The lowest BCUT2D eigenvalue weighted by Crippen LogP contribution is -2.47. The minimum absolute atomic E-state index is 0.0167. The third-order valence-corrected chi connectivity index (χ3v) is 7.75. The van der Waals surface area contributed by atoms with Gasteiger partial charge in [0.05, 0.1) is 16.5 Å². The number of halogens is 3. The number of nitrogens with one attached hydrogen (secondary N) is 1. The Morgan fingerprint density at radius 3 is 2.48 bits per heavy atom. The highest BCUT2D eigenvalue weighted by molar-refractivity contribution is 7.89. The van der Waals surface area contributed by atoms with E-state index in [0.29, 0.717) is 13.0 Å². The van der Waals surface area contributed by atoms with E-state index in [0.717, 1.165) is 43.5 Å². The van der Waals surface area contributed by atoms with Crippen molar-refractivity contribution in [3.63, 3.8) is 0 Å². The number of alkyl halides is 3. The van der Waals surface area contributed by atoms with Gasteiger partial charge in [0.25, 0.3) is 0 Å². The van der Waals surface area contributed by atoms with Crippen LogP contribution in [-0.2, 0) is 21.0 Å². The molecule has 3 rings (SSSR count). The summed E-state index contributed by atoms with van der Waals surface area (Å²) in [6.07, 6.45) is -1.58. The molecule has 3 N–H and O–H groups in total. The fourth-order valence-corrected chi connectivity index (χ4v) is 5.83. The first-order chi connectivity index (χ1) is 13.5. The molecule has 0 bridgehead atoms. The van der Waals surface area contributed by atoms with Crippen molar-refractivity contribution < 1.29 is 26.4 Å². The number of fused-ring (bicyclic) bond motifs is 1. The Hall–Kier alpha value is -1.65. The monoisotopic (exact) mass is 433 g/mol. The fraction of sp³-hybridized carbons (Fsp3) is 0.632. The molecule has 1 saturated carbocycles. The zero-order valence-electron chi connectivity index (χ0n) is 16.2. The van der Waals surface area contributed by atoms with Gasteiger partial charge in [-0.2, -0.15) is 17.5 Å². The lowest BCUT2D eigenvalue weighted by atomic mass is 9.97. The zero-order chi connectivity index (χ0) is 21.4. The minimum Gasteiger partial charge on any atom is -0.352 e. The summed E-state index contributed by atoms with van der Waals surface area (Å²) >= 11 is 0. The van der Waals surface area contributed by atoms with Crippen molar-refractivity contribution in [2.75, 3.05) is 13.1 Å². The Morgan fingerprint density at radius 2 is 1.90 bits per heavy atom. The molecule has 1 aliphatic carbocycles. The molecule has 1 aromatic rings. The number of nitrogens with zero attached hydrogens (tertiary/aromatic N) is 1. The standard InChI is InChI=1S/C19H26F3N3O3S/c1-2-3-16(23)18(26)24-17-9-4-12-10-25(11-15(12)17)29(27,28)14-7-5-13(6-8-14)19(20,21)22/h5-8,12,15-17H,2-4,9-11,23H2,1H3,(H,24,26)/t12-,15?,16-,17?/m0/s1. The van der Waals surface area contributed by atoms with Gasteiger partial charge < -0.3 is 11.1 Å². The molecule has 1 amide bonds. The van der Waals surface area contributed by atoms with E-state index in [1.54, 1.807) is 0 Å². The number of carbonyl (C=O) groups excluding carboxylic acids is 1. The molecule has 1 saturated heterocycles. The van der Waals surface area contributed by atoms with E-state index in [1.807, 2.05) is 6.92 Å². The Bertz CT molecular complexity index is 842. The number of nitrogens with two attached hydrogens (primary N) is 1. The largest absolute Gasteiger partial charge is 0.416 e. The van der Waals surface area contributed by atoms with Crippen LogP contribution in [0.25, 0.3) is 0 Å². The molecular formula is C19H26F3N3O3S. The van der Waals surface area contributed by atoms with Crippen molar-refractivity contribution in [1.82, 2.24) is 9.62 Å². The molecule has 0 aromatic heterocycles. The molecule has 4 atom stereocenters. The van der Waals surface area contributed by atoms with E-state index in [4.69, 9.17) is 5.73 Å². The number of benzene rings is 1. The van der Waals surface area contributed by atoms with E-state index < -0.39 is 27.8 Å². The van der Waals surface area contributed by atoms with Gasteiger partial charge in [-0.3, -0.25) is 4.79 Å². The van der Waals surface area contributed by atoms with Gasteiger partial charge >= 0.3 is 6.18 Å². The van der Waals surface area contributed by atoms with Crippen LogP contribution in [0, 0.1) is 11.8 Å². The number of hydrogen-bond acceptors (Lipinski definition) is 4. The van der Waals surface area contributed by atoms with E-state index in [2.05, 4.69) is 5.32 Å². The van der Waals surface area contributed by atoms with E-state index in [9.17, 15) is 26.4 Å². The van der Waals surface area contributed by atoms with Crippen molar-refractivity contribution >= 4 is 15.9 Å². The minimum atomic E-state index is -4.52. The second-order valence-electron chi connectivity index (χ2n) is 7.86. The maximum absolute atomic E-state index is 12.9. The summed E-state index contributed by atoms with van der Waals surface area (Å²) in [5, 5.41) is 2.96. The SMILES string of the molecule is CCC[C@H](N)C(=O)NC1CC[C@H]2CN(S(=O)(=O)c3ccc(C(F)(F)F)cc3)CC12. The highest BCUT2D eigenvalue weighted by Gasteiger charge is 2.47. The van der Waals surface area contributed by atoms with Gasteiger partial charge in [-0.05, 0) is 55.4 Å². The number of rotatable bonds is 6. The molecule has 1 aromatic carbocycles. The predicted molar refractivity (Wildman–Crippen MR) is 101 cm³/mol. The van der Waals surface area contributed by atoms with Crippen molar-refractivity contribution in [1.29, 1.82) is 0 Å². The van der Waals surface area contributed by atoms with Crippen LogP contribution < -0.4 is 11.1 Å². The maximum Gasteiger partial charge on any atom is 0.416 e. The van der Waals surface area contributed by atoms with Crippen molar-refractivity contribution in [3.05, 3.63) is 29.8 Å². The van der Waals surface area contributed by atoms with Crippen LogP contribution in [0.5, 0.6) is 0 Å². The second kappa shape index (κ2) is 8.23. The first-order valence-corrected chi connectivity index (χ1v) is 11.2. The number of amides is 1. The Labute approximate surface area is 168 Å². The maximum atomic E-state index is 12.9. The lowest BCUT2D eigenvalue weighted by molar-refractivity contribution is -0.137. The summed E-state index contributed by atoms with van der Waals surface area (Å²) in [6.45, 7) is 2.49. The molecule has 1 aliphatic heterocycles. The molecular weight excluding hydrogens is 407 g/mol. The van der Waals surface area contributed by atoms with Gasteiger partial charge in [-0.25, -0.2) is 8.42 Å². The predicted octanol–water partition coefficient (Wildman–Crippen LogP) is 2.35. The van der Waals surface area contributed by atoms with Gasteiger partial charge in [0.2, 0.25) is 15.9 Å². The van der Waals surface area contributed by atoms with Crippen LogP contribution >= 0.6 is 0 Å². The number of hydrogen-bond donors (Lipinski definition) is 2. The molecule has 29 heavy (non-hydrogen) atoms. The zero-order valence-corrected chi connectivity index (χ0v) is 17.0. The highest BCUT2D eigenvalue weighted by atomic mass is 32.2. The van der Waals surface area contributed by atoms with Gasteiger partial charge in [-0.1, -0.05) is 13.3 Å². The summed E-state index contributed by atoms with van der Waals surface area (Å²) in [6, 6.07) is 2.84. The molecule has 1 heterocycles. The van der Waals surface area contributed by atoms with Gasteiger partial charge in [0.15, 0.2) is 0 Å². The van der Waals surface area contributed by atoms with Crippen molar-refractivity contribution in [2.45, 2.75) is 55.8 Å². The van der Waals surface area contributed by atoms with Crippen molar-refractivity contribution in [2.24, 2.45) is 17.6 Å². The van der Waals surface area contributed by atoms with Gasteiger partial charge in [-0.15, -0.1) is 0 Å². The molecule has 0 radical (unpaired) electrons. The van der Waals surface area contributed by atoms with Crippen LogP contribution in [-0.4, -0.2) is 43.8 Å². The van der Waals surface area contributed by atoms with Crippen LogP contribution in [0.3, 0.4) is 0 Å². The summed E-state index contributed by atoms with van der Waals surface area (Å²) in [4.78, 5) is 12.1. The van der Waals surface area contributed by atoms with E-state index in [1.165, 1.54) is 4.31 Å². The summed E-state index contributed by atoms with van der Waals surface area (Å²) < 4.78 is 65.3. The average Bonchev–Trinajstić information content (AvgIpc) is 3.24. The van der Waals surface area contributed by atoms with Crippen LogP contribution in [0.15, 0.2) is 29.2 Å². The summed E-state index contributed by atoms with van der Waals surface area (Å²) in [5.41, 5.74) is 4.97. The van der Waals surface area contributed by atoms with Gasteiger partial charge in [0, 0.05) is 19.1 Å². The molecule has 10 heteroatoms. The van der Waals surface area contributed by atoms with E-state index in [-0.39, 0.29) is 35.2 Å². The highest BCUT2D eigenvalue weighted by Crippen LogP contribution is 2.40. The Morgan fingerprint density at radius 1 is 1.24 bits per heavy atom. The molecule has 2 fully saturated rings. The molecule has 2 aliphatic rings. The van der Waals surface area contributed by atoms with Crippen LogP contribution in [0.4, 0.5) is 13.2 Å². The fourth-order valence-electron chi connectivity index (χ4n) is 4.30. The summed E-state index contributed by atoms with van der Waals surface area (Å²) in [5.74, 6) is -0.120. The van der Waals surface area contributed by atoms with Crippen molar-refractivity contribution in [3.8, 4) is 0 Å². The third-order valence-electron chi connectivity index (χ3n) is 5.91. The number of carbonyl (C=O) groups is 1. The Balaban J connectivity index is 1.69. The lowest BCUT2D eigenvalue weighted by Gasteiger charge is -2.23. The average molecular weight is 433 g/mol.